The Morgan fingerprint density at radius 2 is 2.28 bits per heavy atom. The van der Waals surface area contributed by atoms with Gasteiger partial charge in [0.05, 0.1) is 6.54 Å². The van der Waals surface area contributed by atoms with Crippen molar-refractivity contribution in [2.75, 3.05) is 0 Å². The van der Waals surface area contributed by atoms with Gasteiger partial charge in [0, 0.05) is 17.3 Å². The van der Waals surface area contributed by atoms with Crippen molar-refractivity contribution >= 4 is 11.3 Å². The Bertz CT molecular complexity index is 474. The molecule has 2 heterocycles. The molecule has 18 heavy (non-hydrogen) atoms. The van der Waals surface area contributed by atoms with Crippen LogP contribution in [-0.4, -0.2) is 16.2 Å². The van der Waals surface area contributed by atoms with Gasteiger partial charge in [-0.1, -0.05) is 24.1 Å². The highest BCUT2D eigenvalue weighted by Crippen LogP contribution is 2.18. The smallest absolute Gasteiger partial charge is 0.240 e. The zero-order chi connectivity index (χ0) is 12.2. The van der Waals surface area contributed by atoms with Crippen LogP contribution in [-0.2, 0) is 13.0 Å². The van der Waals surface area contributed by atoms with Gasteiger partial charge in [0.2, 0.25) is 5.89 Å². The number of nitrogens with one attached hydrogen (secondary N) is 1. The molecule has 3 rings (SSSR count). The van der Waals surface area contributed by atoms with E-state index in [1.165, 1.54) is 30.6 Å². The highest BCUT2D eigenvalue weighted by Gasteiger charge is 2.15. The Hall–Kier alpha value is -1.20. The molecule has 0 unspecified atom stereocenters. The molecule has 0 amide bonds. The summed E-state index contributed by atoms with van der Waals surface area (Å²) in [6.07, 6.45) is 5.99. The van der Waals surface area contributed by atoms with Gasteiger partial charge in [-0.25, -0.2) is 0 Å². The fraction of sp³-hybridized carbons (Fsp3) is 0.538. The molecule has 0 aliphatic heterocycles. The summed E-state index contributed by atoms with van der Waals surface area (Å²) in [5.74, 6) is 1.48. The molecule has 5 heteroatoms. The highest BCUT2D eigenvalue weighted by atomic mass is 32.1. The van der Waals surface area contributed by atoms with Gasteiger partial charge in [0.15, 0.2) is 5.82 Å². The number of thiophene rings is 1. The molecule has 1 aliphatic rings. The summed E-state index contributed by atoms with van der Waals surface area (Å²) in [7, 11) is 0. The number of hydrogen-bond donors (Lipinski definition) is 1. The largest absolute Gasteiger partial charge is 0.338 e. The SMILES string of the molecule is c1csc(Cc2noc(CNC3CCCC3)n2)c1. The molecule has 1 fully saturated rings. The first-order valence-corrected chi connectivity index (χ1v) is 7.35. The second-order valence-electron chi connectivity index (χ2n) is 4.72. The fourth-order valence-corrected chi connectivity index (χ4v) is 3.07. The van der Waals surface area contributed by atoms with Gasteiger partial charge in [-0.15, -0.1) is 11.3 Å². The van der Waals surface area contributed by atoms with E-state index in [9.17, 15) is 0 Å². The number of rotatable bonds is 5. The number of hydrogen-bond acceptors (Lipinski definition) is 5. The molecule has 0 bridgehead atoms. The van der Waals surface area contributed by atoms with E-state index in [0.717, 1.165) is 12.2 Å². The van der Waals surface area contributed by atoms with E-state index >= 15 is 0 Å². The van der Waals surface area contributed by atoms with Crippen molar-refractivity contribution in [3.8, 4) is 0 Å². The topological polar surface area (TPSA) is 51.0 Å². The molecule has 0 saturated heterocycles. The minimum absolute atomic E-state index is 0.637. The molecule has 0 spiro atoms. The van der Waals surface area contributed by atoms with Gasteiger partial charge in [0.25, 0.3) is 0 Å². The number of aromatic nitrogens is 2. The average Bonchev–Trinajstić information content (AvgIpc) is 3.09. The van der Waals surface area contributed by atoms with E-state index in [4.69, 9.17) is 4.52 Å². The van der Waals surface area contributed by atoms with Gasteiger partial charge in [-0.3, -0.25) is 0 Å². The van der Waals surface area contributed by atoms with Gasteiger partial charge in [-0.05, 0) is 24.3 Å². The maximum atomic E-state index is 5.25. The molecule has 0 aromatic carbocycles. The van der Waals surface area contributed by atoms with Gasteiger partial charge >= 0.3 is 0 Å². The maximum absolute atomic E-state index is 5.25. The van der Waals surface area contributed by atoms with Crippen molar-refractivity contribution in [3.63, 3.8) is 0 Å². The monoisotopic (exact) mass is 263 g/mol. The Morgan fingerprint density at radius 1 is 1.39 bits per heavy atom. The summed E-state index contributed by atoms with van der Waals surface area (Å²) in [6.45, 7) is 0.697. The van der Waals surface area contributed by atoms with Crippen LogP contribution in [0.2, 0.25) is 0 Å². The number of nitrogens with zero attached hydrogens (tertiary/aromatic N) is 2. The molecular weight excluding hydrogens is 246 g/mol. The Labute approximate surface area is 110 Å². The molecule has 1 N–H and O–H groups in total. The first kappa shape index (κ1) is 11.9. The van der Waals surface area contributed by atoms with E-state index in [1.54, 1.807) is 11.3 Å². The minimum Gasteiger partial charge on any atom is -0.338 e. The Balaban J connectivity index is 1.52. The van der Waals surface area contributed by atoms with Crippen LogP contribution in [0, 0.1) is 0 Å². The van der Waals surface area contributed by atoms with Crippen molar-refractivity contribution < 1.29 is 4.52 Å². The van der Waals surface area contributed by atoms with Crippen LogP contribution in [0.3, 0.4) is 0 Å². The van der Waals surface area contributed by atoms with Crippen molar-refractivity contribution in [2.24, 2.45) is 0 Å². The Morgan fingerprint density at radius 3 is 3.06 bits per heavy atom. The van der Waals surface area contributed by atoms with Crippen molar-refractivity contribution in [1.82, 2.24) is 15.5 Å². The fourth-order valence-electron chi connectivity index (χ4n) is 2.36. The third kappa shape index (κ3) is 2.97. The average molecular weight is 263 g/mol. The summed E-state index contributed by atoms with van der Waals surface area (Å²) in [5, 5.41) is 9.56. The third-order valence-electron chi connectivity index (χ3n) is 3.32. The molecule has 96 valence electrons. The quantitative estimate of drug-likeness (QED) is 0.901. The molecule has 1 saturated carbocycles. The minimum atomic E-state index is 0.637. The highest BCUT2D eigenvalue weighted by molar-refractivity contribution is 7.09. The van der Waals surface area contributed by atoms with Crippen LogP contribution in [0.5, 0.6) is 0 Å². The lowest BCUT2D eigenvalue weighted by atomic mass is 10.2. The molecule has 1 aliphatic carbocycles. The summed E-state index contributed by atoms with van der Waals surface area (Å²) in [4.78, 5) is 5.68. The van der Waals surface area contributed by atoms with E-state index in [0.29, 0.717) is 18.5 Å². The van der Waals surface area contributed by atoms with Crippen LogP contribution in [0.25, 0.3) is 0 Å². The van der Waals surface area contributed by atoms with Crippen molar-refractivity contribution in [2.45, 2.75) is 44.7 Å². The standard InChI is InChI=1S/C13H17N3OS/c1-2-5-10(4-1)14-9-13-15-12(16-17-13)8-11-6-3-7-18-11/h3,6-7,10,14H,1-2,4-5,8-9H2. The van der Waals surface area contributed by atoms with E-state index in [1.807, 2.05) is 6.07 Å². The van der Waals surface area contributed by atoms with Gasteiger partial charge in [-0.2, -0.15) is 4.98 Å². The van der Waals surface area contributed by atoms with Gasteiger partial charge in [0.1, 0.15) is 0 Å². The first-order valence-electron chi connectivity index (χ1n) is 6.47. The zero-order valence-electron chi connectivity index (χ0n) is 10.3. The third-order valence-corrected chi connectivity index (χ3v) is 4.20. The second kappa shape index (κ2) is 5.63. The summed E-state index contributed by atoms with van der Waals surface area (Å²) < 4.78 is 5.25. The van der Waals surface area contributed by atoms with Crippen LogP contribution in [0.4, 0.5) is 0 Å². The normalized spacial score (nSPS) is 16.4. The molecule has 0 radical (unpaired) electrons. The van der Waals surface area contributed by atoms with Gasteiger partial charge < -0.3 is 9.84 Å². The summed E-state index contributed by atoms with van der Waals surface area (Å²) in [5.41, 5.74) is 0. The predicted octanol–water partition coefficient (Wildman–Crippen LogP) is 2.75. The Kier molecular flexibility index (Phi) is 3.71. The van der Waals surface area contributed by atoms with Crippen molar-refractivity contribution in [3.05, 3.63) is 34.1 Å². The summed E-state index contributed by atoms with van der Waals surface area (Å²) in [6, 6.07) is 4.78. The zero-order valence-corrected chi connectivity index (χ0v) is 11.1. The molecule has 0 atom stereocenters. The van der Waals surface area contributed by atoms with Crippen LogP contribution < -0.4 is 5.32 Å². The van der Waals surface area contributed by atoms with Crippen LogP contribution in [0.1, 0.15) is 42.3 Å². The van der Waals surface area contributed by atoms with Crippen LogP contribution >= 0.6 is 11.3 Å². The predicted molar refractivity (Wildman–Crippen MR) is 70.5 cm³/mol. The van der Waals surface area contributed by atoms with E-state index in [-0.39, 0.29) is 0 Å². The lowest BCUT2D eigenvalue weighted by Crippen LogP contribution is -2.25. The lowest BCUT2D eigenvalue weighted by Gasteiger charge is -2.08. The van der Waals surface area contributed by atoms with E-state index in [2.05, 4.69) is 26.9 Å². The second-order valence-corrected chi connectivity index (χ2v) is 5.76. The molecule has 2 aromatic heterocycles. The van der Waals surface area contributed by atoms with Crippen molar-refractivity contribution in [1.29, 1.82) is 0 Å². The van der Waals surface area contributed by atoms with Crippen LogP contribution in [0.15, 0.2) is 22.0 Å². The summed E-state index contributed by atoms with van der Waals surface area (Å²) >= 11 is 1.72. The van der Waals surface area contributed by atoms with E-state index < -0.39 is 0 Å². The molecule has 4 nitrogen and oxygen atoms in total. The maximum Gasteiger partial charge on any atom is 0.240 e. The lowest BCUT2D eigenvalue weighted by molar-refractivity contribution is 0.353. The molecular formula is C13H17N3OS. The molecule has 2 aromatic rings. The first-order chi connectivity index (χ1) is 8.90.